The summed E-state index contributed by atoms with van der Waals surface area (Å²) >= 11 is 0. The van der Waals surface area contributed by atoms with Crippen LogP contribution in [0.5, 0.6) is 11.5 Å². The lowest BCUT2D eigenvalue weighted by atomic mass is 10.1. The normalized spacial score (nSPS) is 10.2. The van der Waals surface area contributed by atoms with Crippen molar-refractivity contribution in [2.45, 2.75) is 6.61 Å². The van der Waals surface area contributed by atoms with Gasteiger partial charge in [0.05, 0.1) is 12.2 Å². The molecule has 0 aliphatic heterocycles. The quantitative estimate of drug-likeness (QED) is 0.740. The van der Waals surface area contributed by atoms with Gasteiger partial charge in [0, 0.05) is 5.69 Å². The third-order valence-corrected chi connectivity index (χ3v) is 3.47. The van der Waals surface area contributed by atoms with Crippen LogP contribution in [-0.2, 0) is 6.61 Å². The van der Waals surface area contributed by atoms with E-state index in [9.17, 15) is 9.90 Å². The summed E-state index contributed by atoms with van der Waals surface area (Å²) in [6, 6.07) is 23.5. The number of rotatable bonds is 5. The van der Waals surface area contributed by atoms with Gasteiger partial charge in [-0.15, -0.1) is 0 Å². The lowest BCUT2D eigenvalue weighted by Crippen LogP contribution is -2.13. The molecule has 0 saturated carbocycles. The number of amides is 1. The number of nitrogens with one attached hydrogen (secondary N) is 1. The Kier molecular flexibility index (Phi) is 4.89. The van der Waals surface area contributed by atoms with Gasteiger partial charge in [0.1, 0.15) is 11.5 Å². The van der Waals surface area contributed by atoms with Crippen molar-refractivity contribution in [3.63, 3.8) is 0 Å². The van der Waals surface area contributed by atoms with Gasteiger partial charge in [0.25, 0.3) is 5.91 Å². The summed E-state index contributed by atoms with van der Waals surface area (Å²) in [4.78, 5) is 12.6. The van der Waals surface area contributed by atoms with E-state index in [1.807, 2.05) is 36.4 Å². The Bertz CT molecular complexity index is 831. The number of benzene rings is 3. The van der Waals surface area contributed by atoms with Crippen molar-refractivity contribution >= 4 is 11.6 Å². The summed E-state index contributed by atoms with van der Waals surface area (Å²) in [5.41, 5.74) is 1.80. The Morgan fingerprint density at radius 3 is 2.46 bits per heavy atom. The summed E-state index contributed by atoms with van der Waals surface area (Å²) in [7, 11) is 0. The van der Waals surface area contributed by atoms with Gasteiger partial charge < -0.3 is 15.2 Å². The van der Waals surface area contributed by atoms with Crippen LogP contribution in [0, 0.1) is 0 Å². The van der Waals surface area contributed by atoms with Gasteiger partial charge in [-0.1, -0.05) is 42.5 Å². The summed E-state index contributed by atoms with van der Waals surface area (Å²) in [5.74, 6) is 0.885. The predicted molar refractivity (Wildman–Crippen MR) is 93.3 cm³/mol. The molecule has 2 N–H and O–H groups in total. The summed E-state index contributed by atoms with van der Waals surface area (Å²) in [5, 5.41) is 12.0. The van der Waals surface area contributed by atoms with E-state index in [2.05, 4.69) is 5.32 Å². The molecule has 0 unspecified atom stereocenters. The van der Waals surface area contributed by atoms with Crippen LogP contribution in [0.4, 0.5) is 5.69 Å². The van der Waals surface area contributed by atoms with E-state index in [1.165, 1.54) is 0 Å². The van der Waals surface area contributed by atoms with Gasteiger partial charge in [-0.05, 0) is 42.0 Å². The molecule has 4 nitrogen and oxygen atoms in total. The summed E-state index contributed by atoms with van der Waals surface area (Å²) in [6.07, 6.45) is 0. The lowest BCUT2D eigenvalue weighted by molar-refractivity contribution is 0.102. The molecule has 1 amide bonds. The van der Waals surface area contributed by atoms with Crippen LogP contribution in [0.3, 0.4) is 0 Å². The first-order chi connectivity index (χ1) is 11.8. The number of para-hydroxylation sites is 2. The summed E-state index contributed by atoms with van der Waals surface area (Å²) < 4.78 is 5.81. The molecule has 0 radical (unpaired) electrons. The highest BCUT2D eigenvalue weighted by Gasteiger charge is 2.13. The number of aliphatic hydroxyl groups excluding tert-OH is 1. The van der Waals surface area contributed by atoms with Crippen LogP contribution in [-0.4, -0.2) is 11.0 Å². The Morgan fingerprint density at radius 2 is 1.67 bits per heavy atom. The maximum absolute atomic E-state index is 12.6. The van der Waals surface area contributed by atoms with Crippen LogP contribution < -0.4 is 10.1 Å². The van der Waals surface area contributed by atoms with E-state index >= 15 is 0 Å². The van der Waals surface area contributed by atoms with Gasteiger partial charge in [0.15, 0.2) is 0 Å². The van der Waals surface area contributed by atoms with Crippen molar-refractivity contribution in [3.05, 3.63) is 90.0 Å². The monoisotopic (exact) mass is 319 g/mol. The predicted octanol–water partition coefficient (Wildman–Crippen LogP) is 4.22. The molecule has 0 aromatic heterocycles. The molecule has 0 bridgehead atoms. The zero-order valence-corrected chi connectivity index (χ0v) is 13.0. The number of ether oxygens (including phenoxy) is 1. The molecular weight excluding hydrogens is 302 g/mol. The van der Waals surface area contributed by atoms with E-state index in [-0.39, 0.29) is 12.5 Å². The fourth-order valence-electron chi connectivity index (χ4n) is 2.30. The minimum Gasteiger partial charge on any atom is -0.457 e. The fraction of sp³-hybridized carbons (Fsp3) is 0.0500. The third-order valence-electron chi connectivity index (χ3n) is 3.47. The number of hydrogen-bond acceptors (Lipinski definition) is 3. The first-order valence-electron chi connectivity index (χ1n) is 7.59. The van der Waals surface area contributed by atoms with E-state index in [4.69, 9.17) is 4.74 Å². The highest BCUT2D eigenvalue weighted by molar-refractivity contribution is 6.06. The Hall–Kier alpha value is -3.11. The average molecular weight is 319 g/mol. The average Bonchev–Trinajstić information content (AvgIpc) is 2.63. The second kappa shape index (κ2) is 7.44. The highest BCUT2D eigenvalue weighted by Crippen LogP contribution is 2.26. The fourth-order valence-corrected chi connectivity index (χ4v) is 2.30. The number of carbonyl (C=O) groups is 1. The molecule has 24 heavy (non-hydrogen) atoms. The third kappa shape index (κ3) is 3.80. The van der Waals surface area contributed by atoms with Crippen molar-refractivity contribution in [2.24, 2.45) is 0 Å². The van der Waals surface area contributed by atoms with E-state index in [0.29, 0.717) is 22.7 Å². The van der Waals surface area contributed by atoms with Gasteiger partial charge in [-0.25, -0.2) is 0 Å². The molecule has 0 heterocycles. The second-order valence-electron chi connectivity index (χ2n) is 5.22. The maximum Gasteiger partial charge on any atom is 0.259 e. The smallest absolute Gasteiger partial charge is 0.259 e. The van der Waals surface area contributed by atoms with Crippen molar-refractivity contribution in [3.8, 4) is 11.5 Å². The molecule has 120 valence electrons. The zero-order valence-electron chi connectivity index (χ0n) is 13.0. The molecule has 4 heteroatoms. The molecule has 0 fully saturated rings. The molecule has 0 atom stereocenters. The van der Waals surface area contributed by atoms with E-state index in [0.717, 1.165) is 5.56 Å². The van der Waals surface area contributed by atoms with Crippen molar-refractivity contribution in [2.75, 3.05) is 5.32 Å². The minimum absolute atomic E-state index is 0.0720. The van der Waals surface area contributed by atoms with E-state index < -0.39 is 0 Å². The van der Waals surface area contributed by atoms with Gasteiger partial charge in [0.2, 0.25) is 0 Å². The van der Waals surface area contributed by atoms with Crippen molar-refractivity contribution in [1.29, 1.82) is 0 Å². The van der Waals surface area contributed by atoms with Crippen molar-refractivity contribution in [1.82, 2.24) is 0 Å². The Labute approximate surface area is 140 Å². The molecule has 3 aromatic carbocycles. The van der Waals surface area contributed by atoms with Gasteiger partial charge in [-0.3, -0.25) is 4.79 Å². The molecule has 0 aliphatic carbocycles. The molecule has 3 aromatic rings. The number of anilines is 1. The van der Waals surface area contributed by atoms with Gasteiger partial charge >= 0.3 is 0 Å². The Morgan fingerprint density at radius 1 is 0.917 bits per heavy atom. The standard InChI is InChI=1S/C20H17NO3/c22-14-15-7-6-8-16(13-15)21-20(23)18-11-4-5-12-19(18)24-17-9-2-1-3-10-17/h1-13,22H,14H2,(H,21,23). The van der Waals surface area contributed by atoms with E-state index in [1.54, 1.807) is 42.5 Å². The first-order valence-corrected chi connectivity index (χ1v) is 7.59. The molecule has 0 aliphatic rings. The number of hydrogen-bond donors (Lipinski definition) is 2. The zero-order chi connectivity index (χ0) is 16.8. The molecule has 0 saturated heterocycles. The SMILES string of the molecule is O=C(Nc1cccc(CO)c1)c1ccccc1Oc1ccccc1. The van der Waals surface area contributed by atoms with Crippen LogP contribution >= 0.6 is 0 Å². The first kappa shape index (κ1) is 15.8. The van der Waals surface area contributed by atoms with Crippen molar-refractivity contribution < 1.29 is 14.6 Å². The van der Waals surface area contributed by atoms with Gasteiger partial charge in [-0.2, -0.15) is 0 Å². The maximum atomic E-state index is 12.6. The van der Waals surface area contributed by atoms with Crippen LogP contribution in [0.15, 0.2) is 78.9 Å². The summed E-state index contributed by atoms with van der Waals surface area (Å²) in [6.45, 7) is -0.0720. The Balaban J connectivity index is 1.82. The number of aliphatic hydroxyl groups is 1. The highest BCUT2D eigenvalue weighted by atomic mass is 16.5. The lowest BCUT2D eigenvalue weighted by Gasteiger charge is -2.12. The van der Waals surface area contributed by atoms with Crippen LogP contribution in [0.2, 0.25) is 0 Å². The van der Waals surface area contributed by atoms with Crippen LogP contribution in [0.25, 0.3) is 0 Å². The molecule has 0 spiro atoms. The molecule has 3 rings (SSSR count). The number of carbonyl (C=O) groups excluding carboxylic acids is 1. The largest absolute Gasteiger partial charge is 0.457 e. The van der Waals surface area contributed by atoms with Crippen LogP contribution in [0.1, 0.15) is 15.9 Å². The second-order valence-corrected chi connectivity index (χ2v) is 5.22. The minimum atomic E-state index is -0.267. The molecular formula is C20H17NO3. The topological polar surface area (TPSA) is 58.6 Å².